The Hall–Kier alpha value is -3.16. The SMILES string of the molecule is CC(C)(CO)NS(=O)(=O)c1ccc(Nc2ncc([C@@H]3CC[C@H](Oc4nncn4C4(C)CC4)C3)cn2)c(F)c1. The van der Waals surface area contributed by atoms with Crippen LogP contribution in [0.3, 0.4) is 0 Å². The Labute approximate surface area is 220 Å². The van der Waals surface area contributed by atoms with E-state index in [1.54, 1.807) is 18.7 Å². The van der Waals surface area contributed by atoms with Crippen LogP contribution in [0.4, 0.5) is 16.0 Å². The standard InChI is InChI=1S/C25H32FN7O4S/c1-24(2,14-34)32-38(35,36)19-6-7-21(20(26)11-19)30-22-27-12-17(13-28-22)16-4-5-18(10-16)37-23-31-29-15-33(23)25(3)8-9-25/h6-7,11-13,15-16,18,32,34H,4-5,8-10,14H2,1-3H3,(H,27,28,30)/t16-,18+/m1/s1. The highest BCUT2D eigenvalue weighted by atomic mass is 32.2. The van der Waals surface area contributed by atoms with E-state index in [2.05, 4.69) is 37.1 Å². The molecule has 2 saturated carbocycles. The van der Waals surface area contributed by atoms with Gasteiger partial charge in [-0.15, -0.1) is 5.10 Å². The minimum absolute atomic E-state index is 0.0319. The van der Waals surface area contributed by atoms with Crippen LogP contribution in [-0.2, 0) is 15.6 Å². The number of nitrogens with zero attached hydrogens (tertiary/aromatic N) is 5. The summed E-state index contributed by atoms with van der Waals surface area (Å²) in [5, 5.41) is 20.3. The number of aliphatic hydroxyl groups excluding tert-OH is 1. The molecule has 0 amide bonds. The monoisotopic (exact) mass is 545 g/mol. The molecule has 204 valence electrons. The Morgan fingerprint density at radius 1 is 1.24 bits per heavy atom. The summed E-state index contributed by atoms with van der Waals surface area (Å²) in [5.41, 5.74) is -0.00519. The number of halogens is 1. The fourth-order valence-electron chi connectivity index (χ4n) is 4.55. The summed E-state index contributed by atoms with van der Waals surface area (Å²) in [5.74, 6) is -0.343. The number of sulfonamides is 1. The van der Waals surface area contributed by atoms with Crippen LogP contribution < -0.4 is 14.8 Å². The molecule has 1 aromatic carbocycles. The molecule has 2 aromatic heterocycles. The fraction of sp³-hybridized carbons (Fsp3) is 0.520. The fourth-order valence-corrected chi connectivity index (χ4v) is 5.96. The predicted octanol–water partition coefficient (Wildman–Crippen LogP) is 3.22. The van der Waals surface area contributed by atoms with Crippen molar-refractivity contribution in [2.45, 2.75) is 80.9 Å². The highest BCUT2D eigenvalue weighted by Gasteiger charge is 2.42. The zero-order valence-corrected chi connectivity index (χ0v) is 22.4. The summed E-state index contributed by atoms with van der Waals surface area (Å²) in [4.78, 5) is 8.41. The van der Waals surface area contributed by atoms with Crippen molar-refractivity contribution >= 4 is 21.7 Å². The second kappa shape index (κ2) is 9.86. The predicted molar refractivity (Wildman–Crippen MR) is 137 cm³/mol. The van der Waals surface area contributed by atoms with Gasteiger partial charge in [0, 0.05) is 17.9 Å². The van der Waals surface area contributed by atoms with E-state index >= 15 is 0 Å². The molecule has 38 heavy (non-hydrogen) atoms. The van der Waals surface area contributed by atoms with Crippen LogP contribution in [0, 0.1) is 5.82 Å². The first-order valence-corrected chi connectivity index (χ1v) is 14.1. The van der Waals surface area contributed by atoms with E-state index in [-0.39, 0.29) is 34.1 Å². The molecular weight excluding hydrogens is 513 g/mol. The summed E-state index contributed by atoms with van der Waals surface area (Å²) in [6.45, 7) is 4.82. The lowest BCUT2D eigenvalue weighted by atomic mass is 10.0. The van der Waals surface area contributed by atoms with E-state index in [0.717, 1.165) is 43.7 Å². The summed E-state index contributed by atoms with van der Waals surface area (Å²) in [7, 11) is -4.01. The second-order valence-electron chi connectivity index (χ2n) is 11.0. The molecule has 13 heteroatoms. The van der Waals surface area contributed by atoms with Crippen LogP contribution in [-0.4, -0.2) is 56.5 Å². The lowest BCUT2D eigenvalue weighted by Gasteiger charge is -2.23. The van der Waals surface area contributed by atoms with Crippen LogP contribution in [0.5, 0.6) is 6.01 Å². The van der Waals surface area contributed by atoms with Gasteiger partial charge >= 0.3 is 6.01 Å². The van der Waals surface area contributed by atoms with Crippen molar-refractivity contribution in [1.29, 1.82) is 0 Å². The Bertz CT molecular complexity index is 1410. The first kappa shape index (κ1) is 26.4. The maximum Gasteiger partial charge on any atom is 0.317 e. The number of anilines is 2. The zero-order chi connectivity index (χ0) is 27.1. The molecule has 0 aliphatic heterocycles. The highest BCUT2D eigenvalue weighted by Crippen LogP contribution is 2.45. The van der Waals surface area contributed by atoms with Gasteiger partial charge in [-0.25, -0.2) is 27.5 Å². The molecule has 0 spiro atoms. The maximum atomic E-state index is 14.7. The van der Waals surface area contributed by atoms with Gasteiger partial charge in [0.1, 0.15) is 18.2 Å². The van der Waals surface area contributed by atoms with Crippen molar-refractivity contribution < 1.29 is 22.7 Å². The van der Waals surface area contributed by atoms with Crippen LogP contribution in [0.25, 0.3) is 0 Å². The van der Waals surface area contributed by atoms with Crippen LogP contribution in [0.2, 0.25) is 0 Å². The van der Waals surface area contributed by atoms with Crippen molar-refractivity contribution in [2.75, 3.05) is 11.9 Å². The van der Waals surface area contributed by atoms with Crippen molar-refractivity contribution in [3.63, 3.8) is 0 Å². The molecule has 2 atom stereocenters. The Kier molecular flexibility index (Phi) is 6.86. The normalized spacial score (nSPS) is 20.9. The van der Waals surface area contributed by atoms with E-state index in [1.807, 2.05) is 4.57 Å². The van der Waals surface area contributed by atoms with Gasteiger partial charge in [0.15, 0.2) is 0 Å². The smallest absolute Gasteiger partial charge is 0.317 e. The van der Waals surface area contributed by atoms with Gasteiger partial charge in [-0.05, 0) is 82.6 Å². The number of rotatable bonds is 10. The molecule has 2 heterocycles. The van der Waals surface area contributed by atoms with E-state index in [1.165, 1.54) is 26.0 Å². The van der Waals surface area contributed by atoms with Crippen molar-refractivity contribution in [2.24, 2.45) is 0 Å². The average Bonchev–Trinajstić information content (AvgIpc) is 3.24. The van der Waals surface area contributed by atoms with Gasteiger partial charge in [0.25, 0.3) is 0 Å². The molecule has 0 bridgehead atoms. The number of nitrogens with one attached hydrogen (secondary N) is 2. The quantitative estimate of drug-likeness (QED) is 0.350. The Morgan fingerprint density at radius 2 is 1.97 bits per heavy atom. The minimum atomic E-state index is -4.01. The number of aliphatic hydroxyl groups is 1. The molecule has 2 aliphatic rings. The topological polar surface area (TPSA) is 144 Å². The summed E-state index contributed by atoms with van der Waals surface area (Å²) >= 11 is 0. The minimum Gasteiger partial charge on any atom is -0.460 e. The van der Waals surface area contributed by atoms with E-state index in [0.29, 0.717) is 6.01 Å². The molecule has 3 N–H and O–H groups in total. The first-order chi connectivity index (χ1) is 18.0. The van der Waals surface area contributed by atoms with Gasteiger partial charge in [-0.3, -0.25) is 4.57 Å². The number of ether oxygens (including phenoxy) is 1. The first-order valence-electron chi connectivity index (χ1n) is 12.6. The molecule has 0 unspecified atom stereocenters. The van der Waals surface area contributed by atoms with Crippen molar-refractivity contribution in [3.05, 3.63) is 48.3 Å². The van der Waals surface area contributed by atoms with Crippen LogP contribution in [0.1, 0.15) is 64.4 Å². The lowest BCUT2D eigenvalue weighted by molar-refractivity contribution is 0.175. The third-order valence-electron chi connectivity index (χ3n) is 7.17. The summed E-state index contributed by atoms with van der Waals surface area (Å²) in [6.07, 6.45) is 10.0. The Balaban J connectivity index is 1.20. The van der Waals surface area contributed by atoms with Gasteiger partial charge in [0.05, 0.1) is 22.7 Å². The molecule has 2 aliphatic carbocycles. The summed E-state index contributed by atoms with van der Waals surface area (Å²) < 4.78 is 50.3. The lowest BCUT2D eigenvalue weighted by Crippen LogP contribution is -2.46. The van der Waals surface area contributed by atoms with Gasteiger partial charge in [-0.2, -0.15) is 0 Å². The van der Waals surface area contributed by atoms with Crippen LogP contribution >= 0.6 is 0 Å². The average molecular weight is 546 g/mol. The zero-order valence-electron chi connectivity index (χ0n) is 21.6. The number of aromatic nitrogens is 5. The largest absolute Gasteiger partial charge is 0.460 e. The van der Waals surface area contributed by atoms with Crippen LogP contribution in [0.15, 0.2) is 41.8 Å². The second-order valence-corrected chi connectivity index (χ2v) is 12.7. The third kappa shape index (κ3) is 5.64. The van der Waals surface area contributed by atoms with Crippen molar-refractivity contribution in [1.82, 2.24) is 29.5 Å². The summed E-state index contributed by atoms with van der Waals surface area (Å²) in [6, 6.07) is 4.07. The molecule has 2 fully saturated rings. The van der Waals surface area contributed by atoms with E-state index in [4.69, 9.17) is 4.74 Å². The number of hydrogen-bond donors (Lipinski definition) is 3. The molecule has 0 radical (unpaired) electrons. The molecule has 11 nitrogen and oxygen atoms in total. The van der Waals surface area contributed by atoms with Gasteiger partial charge in [-0.1, -0.05) is 5.10 Å². The Morgan fingerprint density at radius 3 is 2.63 bits per heavy atom. The van der Waals surface area contributed by atoms with Crippen molar-refractivity contribution in [3.8, 4) is 6.01 Å². The number of benzene rings is 1. The third-order valence-corrected chi connectivity index (χ3v) is 8.87. The maximum absolute atomic E-state index is 14.7. The number of hydrogen-bond acceptors (Lipinski definition) is 9. The van der Waals surface area contributed by atoms with Gasteiger partial charge in [0.2, 0.25) is 16.0 Å². The van der Waals surface area contributed by atoms with Gasteiger partial charge < -0.3 is 15.2 Å². The van der Waals surface area contributed by atoms with E-state index < -0.39 is 28.0 Å². The van der Waals surface area contributed by atoms with E-state index in [9.17, 15) is 17.9 Å². The molecule has 3 aromatic rings. The molecular formula is C25H32FN7O4S. The molecule has 5 rings (SSSR count). The molecule has 0 saturated heterocycles. The highest BCUT2D eigenvalue weighted by molar-refractivity contribution is 7.89.